The first-order valence-corrected chi connectivity index (χ1v) is 6.78. The van der Waals surface area contributed by atoms with Crippen molar-refractivity contribution in [2.75, 3.05) is 5.32 Å². The minimum absolute atomic E-state index is 0.517. The summed E-state index contributed by atoms with van der Waals surface area (Å²) >= 11 is 17.8. The first kappa shape index (κ1) is 12.4. The van der Waals surface area contributed by atoms with Gasteiger partial charge in [-0.1, -0.05) is 34.8 Å². The van der Waals surface area contributed by atoms with Gasteiger partial charge in [0.1, 0.15) is 0 Å². The number of nitrogens with one attached hydrogen (secondary N) is 1. The number of carbonyl (C=O) groups is 1. The van der Waals surface area contributed by atoms with Crippen LogP contribution in [0.15, 0.2) is 0 Å². The first-order valence-electron chi connectivity index (χ1n) is 4.83. The highest BCUT2D eigenvalue weighted by molar-refractivity contribution is 7.16. The third-order valence-electron chi connectivity index (χ3n) is 2.32. The molecule has 0 atom stereocenters. The van der Waals surface area contributed by atoms with Crippen LogP contribution in [-0.2, 0) is 17.6 Å². The van der Waals surface area contributed by atoms with Crippen LogP contribution in [0.25, 0.3) is 0 Å². The molecule has 0 fully saturated rings. The SMILES string of the molecule is O=C(Nc1nc2c(s1)CCCC2)C(Cl)(Cl)Cl. The van der Waals surface area contributed by atoms with Crippen LogP contribution in [0.5, 0.6) is 0 Å². The average molecular weight is 300 g/mol. The van der Waals surface area contributed by atoms with Gasteiger partial charge in [-0.2, -0.15) is 0 Å². The van der Waals surface area contributed by atoms with E-state index in [4.69, 9.17) is 34.8 Å². The summed E-state index contributed by atoms with van der Waals surface area (Å²) in [6, 6.07) is 0. The van der Waals surface area contributed by atoms with E-state index in [1.807, 2.05) is 0 Å². The van der Waals surface area contributed by atoms with Gasteiger partial charge in [0.25, 0.3) is 9.70 Å². The van der Waals surface area contributed by atoms with Crippen LogP contribution in [0.2, 0.25) is 0 Å². The lowest BCUT2D eigenvalue weighted by atomic mass is 10.0. The smallest absolute Gasteiger partial charge is 0.278 e. The van der Waals surface area contributed by atoms with Gasteiger partial charge in [-0.05, 0) is 25.7 Å². The number of nitrogens with zero attached hydrogens (tertiary/aromatic N) is 1. The molecule has 2 rings (SSSR count). The molecule has 0 aliphatic heterocycles. The van der Waals surface area contributed by atoms with Crippen molar-refractivity contribution < 1.29 is 4.79 Å². The molecule has 7 heteroatoms. The minimum Gasteiger partial charge on any atom is -0.298 e. The van der Waals surface area contributed by atoms with Crippen molar-refractivity contribution in [3.05, 3.63) is 10.6 Å². The zero-order valence-corrected chi connectivity index (χ0v) is 11.3. The molecule has 0 spiro atoms. The first-order chi connectivity index (χ1) is 7.47. The molecule has 1 aliphatic carbocycles. The van der Waals surface area contributed by atoms with Gasteiger partial charge in [0.2, 0.25) is 0 Å². The second-order valence-corrected chi connectivity index (χ2v) is 6.91. The molecule has 0 unspecified atom stereocenters. The Balaban J connectivity index is 2.11. The van der Waals surface area contributed by atoms with Crippen LogP contribution in [0, 0.1) is 0 Å². The highest BCUT2D eigenvalue weighted by Gasteiger charge is 2.31. The Labute approximate surface area is 112 Å². The van der Waals surface area contributed by atoms with Crippen molar-refractivity contribution in [2.24, 2.45) is 0 Å². The fourth-order valence-corrected chi connectivity index (χ4v) is 2.76. The lowest BCUT2D eigenvalue weighted by Gasteiger charge is -2.08. The number of thiazole rings is 1. The standard InChI is InChI=1S/C9H9Cl3N2OS/c10-9(11,12)7(15)14-8-13-5-3-1-2-4-6(5)16-8/h1-4H2,(H,13,14,15). The van der Waals surface area contributed by atoms with Gasteiger partial charge in [-0.15, -0.1) is 11.3 Å². The molecular weight excluding hydrogens is 291 g/mol. The maximum atomic E-state index is 11.4. The predicted molar refractivity (Wildman–Crippen MR) is 67.7 cm³/mol. The van der Waals surface area contributed by atoms with Gasteiger partial charge in [-0.3, -0.25) is 10.1 Å². The number of amides is 1. The maximum absolute atomic E-state index is 11.4. The Bertz CT molecular complexity index is 390. The summed E-state index contributed by atoms with van der Waals surface area (Å²) in [4.78, 5) is 16.9. The number of halogens is 3. The van der Waals surface area contributed by atoms with Crippen molar-refractivity contribution in [3.63, 3.8) is 0 Å². The molecule has 1 N–H and O–H groups in total. The summed E-state index contributed by atoms with van der Waals surface area (Å²) in [5.74, 6) is -0.663. The highest BCUT2D eigenvalue weighted by atomic mass is 35.6. The highest BCUT2D eigenvalue weighted by Crippen LogP contribution is 2.32. The lowest BCUT2D eigenvalue weighted by Crippen LogP contribution is -2.26. The van der Waals surface area contributed by atoms with Crippen molar-refractivity contribution in [2.45, 2.75) is 29.5 Å². The molecule has 0 radical (unpaired) electrons. The Kier molecular flexibility index (Phi) is 3.64. The van der Waals surface area contributed by atoms with E-state index in [0.717, 1.165) is 25.0 Å². The Morgan fingerprint density at radius 1 is 1.31 bits per heavy atom. The number of alkyl halides is 3. The van der Waals surface area contributed by atoms with Crippen molar-refractivity contribution in [3.8, 4) is 0 Å². The van der Waals surface area contributed by atoms with E-state index < -0.39 is 9.70 Å². The molecule has 1 aromatic rings. The number of aryl methyl sites for hydroxylation is 2. The Morgan fingerprint density at radius 2 is 2.00 bits per heavy atom. The van der Waals surface area contributed by atoms with E-state index in [-0.39, 0.29) is 0 Å². The third kappa shape index (κ3) is 2.80. The van der Waals surface area contributed by atoms with Crippen molar-refractivity contribution in [1.82, 2.24) is 4.98 Å². The Morgan fingerprint density at radius 3 is 2.62 bits per heavy atom. The summed E-state index contributed by atoms with van der Waals surface area (Å²) in [6.07, 6.45) is 4.31. The molecule has 0 aromatic carbocycles. The third-order valence-corrected chi connectivity index (χ3v) is 3.91. The van der Waals surface area contributed by atoms with Crippen LogP contribution < -0.4 is 5.32 Å². The summed E-state index contributed by atoms with van der Waals surface area (Å²) in [6.45, 7) is 0. The molecule has 16 heavy (non-hydrogen) atoms. The molecule has 0 saturated carbocycles. The van der Waals surface area contributed by atoms with Gasteiger partial charge in [0.15, 0.2) is 5.13 Å². The molecule has 3 nitrogen and oxygen atoms in total. The number of anilines is 1. The number of hydrogen-bond donors (Lipinski definition) is 1. The summed E-state index contributed by atoms with van der Waals surface area (Å²) in [5.41, 5.74) is 1.07. The summed E-state index contributed by atoms with van der Waals surface area (Å²) in [5, 5.41) is 3.03. The van der Waals surface area contributed by atoms with Gasteiger partial charge < -0.3 is 0 Å². The summed E-state index contributed by atoms with van der Waals surface area (Å²) in [7, 11) is 0. The second-order valence-electron chi connectivity index (χ2n) is 3.55. The molecule has 1 amide bonds. The lowest BCUT2D eigenvalue weighted by molar-refractivity contribution is -0.115. The van der Waals surface area contributed by atoms with E-state index in [1.54, 1.807) is 0 Å². The van der Waals surface area contributed by atoms with Crippen LogP contribution >= 0.6 is 46.1 Å². The quantitative estimate of drug-likeness (QED) is 0.808. The molecule has 1 aliphatic rings. The second kappa shape index (κ2) is 4.69. The molecule has 0 saturated heterocycles. The van der Waals surface area contributed by atoms with Crippen LogP contribution in [-0.4, -0.2) is 14.7 Å². The maximum Gasteiger partial charge on any atom is 0.278 e. The largest absolute Gasteiger partial charge is 0.298 e. The van der Waals surface area contributed by atoms with Crippen molar-refractivity contribution >= 4 is 57.2 Å². The number of hydrogen-bond acceptors (Lipinski definition) is 3. The van der Waals surface area contributed by atoms with E-state index in [2.05, 4.69) is 10.3 Å². The monoisotopic (exact) mass is 298 g/mol. The molecule has 1 heterocycles. The molecule has 88 valence electrons. The van der Waals surface area contributed by atoms with E-state index in [9.17, 15) is 4.79 Å². The summed E-state index contributed by atoms with van der Waals surface area (Å²) < 4.78 is -1.94. The molecule has 0 bridgehead atoms. The fraction of sp³-hybridized carbons (Fsp3) is 0.556. The van der Waals surface area contributed by atoms with Gasteiger partial charge in [-0.25, -0.2) is 4.98 Å². The van der Waals surface area contributed by atoms with Crippen molar-refractivity contribution in [1.29, 1.82) is 0 Å². The van der Waals surface area contributed by atoms with E-state index in [0.29, 0.717) is 5.13 Å². The molecular formula is C9H9Cl3N2OS. The number of rotatable bonds is 1. The molecule has 1 aromatic heterocycles. The van der Waals surface area contributed by atoms with Crippen LogP contribution in [0.4, 0.5) is 5.13 Å². The van der Waals surface area contributed by atoms with E-state index >= 15 is 0 Å². The zero-order chi connectivity index (χ0) is 11.8. The van der Waals surface area contributed by atoms with Gasteiger partial charge in [0, 0.05) is 4.88 Å². The van der Waals surface area contributed by atoms with Gasteiger partial charge in [0.05, 0.1) is 5.69 Å². The van der Waals surface area contributed by atoms with E-state index in [1.165, 1.54) is 22.6 Å². The zero-order valence-electron chi connectivity index (χ0n) is 8.23. The average Bonchev–Trinajstić information content (AvgIpc) is 2.58. The Hall–Kier alpha value is -0.0300. The number of fused-ring (bicyclic) bond motifs is 1. The number of carbonyl (C=O) groups excluding carboxylic acids is 1. The number of aromatic nitrogens is 1. The fourth-order valence-electron chi connectivity index (χ4n) is 1.57. The van der Waals surface area contributed by atoms with Gasteiger partial charge >= 0.3 is 0 Å². The normalized spacial score (nSPS) is 15.7. The van der Waals surface area contributed by atoms with Crippen LogP contribution in [0.3, 0.4) is 0 Å². The topological polar surface area (TPSA) is 42.0 Å². The minimum atomic E-state index is -1.94. The predicted octanol–water partition coefficient (Wildman–Crippen LogP) is 3.33. The van der Waals surface area contributed by atoms with Crippen LogP contribution in [0.1, 0.15) is 23.4 Å².